The Labute approximate surface area is 142 Å². The van der Waals surface area contributed by atoms with E-state index in [0.717, 1.165) is 31.2 Å². The first-order valence-corrected chi connectivity index (χ1v) is 8.32. The zero-order valence-corrected chi connectivity index (χ0v) is 13.7. The molecule has 0 spiro atoms. The van der Waals surface area contributed by atoms with Crippen LogP contribution in [0.3, 0.4) is 0 Å². The molecule has 0 atom stereocenters. The molecule has 0 saturated carbocycles. The molecule has 116 valence electrons. The fourth-order valence-electron chi connectivity index (χ4n) is 2.64. The molecule has 7 heteroatoms. The third-order valence-electron chi connectivity index (χ3n) is 3.76. The lowest BCUT2D eigenvalue weighted by Gasteiger charge is -2.09. The van der Waals surface area contributed by atoms with E-state index in [9.17, 15) is 15.4 Å². The Morgan fingerprint density at radius 2 is 2.17 bits per heavy atom. The summed E-state index contributed by atoms with van der Waals surface area (Å²) in [5.41, 5.74) is 2.19. The van der Waals surface area contributed by atoms with Gasteiger partial charge in [0, 0.05) is 17.2 Å². The largest absolute Gasteiger partial charge is 0.288 e. The predicted molar refractivity (Wildman–Crippen MR) is 91.0 cm³/mol. The van der Waals surface area contributed by atoms with Gasteiger partial charge in [-0.05, 0) is 42.9 Å². The van der Waals surface area contributed by atoms with Crippen LogP contribution >= 0.6 is 22.9 Å². The lowest BCUT2D eigenvalue weighted by Crippen LogP contribution is -1.99. The maximum absolute atomic E-state index is 10.9. The van der Waals surface area contributed by atoms with Crippen LogP contribution in [0.1, 0.15) is 34.4 Å². The summed E-state index contributed by atoms with van der Waals surface area (Å²) in [6.07, 6.45) is 5.71. The van der Waals surface area contributed by atoms with E-state index >= 15 is 0 Å². The lowest BCUT2D eigenvalue weighted by atomic mass is 9.96. The third-order valence-corrected chi connectivity index (χ3v) is 5.28. The van der Waals surface area contributed by atoms with E-state index in [0.29, 0.717) is 16.1 Å². The van der Waals surface area contributed by atoms with E-state index in [1.54, 1.807) is 12.3 Å². The Bertz CT molecular complexity index is 852. The molecule has 0 bridgehead atoms. The number of aliphatic imine (C=N–C) groups is 1. The second kappa shape index (κ2) is 6.49. The van der Waals surface area contributed by atoms with Gasteiger partial charge in [0.1, 0.15) is 16.1 Å². The van der Waals surface area contributed by atoms with Crippen LogP contribution < -0.4 is 0 Å². The summed E-state index contributed by atoms with van der Waals surface area (Å²) in [5.74, 6) is 0. The number of aryl methyl sites for hydroxylation is 1. The number of fused-ring (bicyclic) bond motifs is 1. The Kier molecular flexibility index (Phi) is 4.42. The number of halogens is 1. The zero-order chi connectivity index (χ0) is 16.4. The number of benzene rings is 1. The maximum atomic E-state index is 10.9. The summed E-state index contributed by atoms with van der Waals surface area (Å²) in [4.78, 5) is 16.0. The Morgan fingerprint density at radius 1 is 1.39 bits per heavy atom. The highest BCUT2D eigenvalue weighted by atomic mass is 35.5. The van der Waals surface area contributed by atoms with Crippen LogP contribution in [0.5, 0.6) is 0 Å². The highest BCUT2D eigenvalue weighted by Gasteiger charge is 2.20. The van der Waals surface area contributed by atoms with Crippen LogP contribution in [-0.2, 0) is 12.8 Å². The van der Waals surface area contributed by atoms with Crippen molar-refractivity contribution in [2.75, 3.05) is 0 Å². The first-order valence-electron chi connectivity index (χ1n) is 7.13. The van der Waals surface area contributed by atoms with Crippen LogP contribution in [0.15, 0.2) is 23.2 Å². The standard InChI is InChI=1S/C16H12ClN3O2S/c17-13-6-5-10(7-14(13)20(21)22)9-19-16-12(8-18)11-3-1-2-4-15(11)23-16/h5-7,9H,1-4H2. The number of hydrogen-bond acceptors (Lipinski definition) is 5. The third kappa shape index (κ3) is 3.11. The van der Waals surface area contributed by atoms with Crippen LogP contribution in [0.2, 0.25) is 5.02 Å². The number of nitro benzene ring substituents is 1. The Hall–Kier alpha value is -2.23. The molecule has 0 amide bonds. The molecule has 1 aromatic heterocycles. The second-order valence-electron chi connectivity index (χ2n) is 5.23. The summed E-state index contributed by atoms with van der Waals surface area (Å²) < 4.78 is 0. The molecule has 0 radical (unpaired) electrons. The molecule has 1 aliphatic rings. The minimum absolute atomic E-state index is 0.0939. The fourth-order valence-corrected chi connectivity index (χ4v) is 4.01. The van der Waals surface area contributed by atoms with Crippen molar-refractivity contribution < 1.29 is 4.92 Å². The van der Waals surface area contributed by atoms with Gasteiger partial charge in [-0.25, -0.2) is 4.99 Å². The van der Waals surface area contributed by atoms with Gasteiger partial charge in [0.05, 0.1) is 10.5 Å². The van der Waals surface area contributed by atoms with Crippen LogP contribution in [-0.4, -0.2) is 11.1 Å². The van der Waals surface area contributed by atoms with Gasteiger partial charge in [-0.1, -0.05) is 17.7 Å². The summed E-state index contributed by atoms with van der Waals surface area (Å²) in [7, 11) is 0. The molecule has 1 aliphatic carbocycles. The van der Waals surface area contributed by atoms with E-state index < -0.39 is 4.92 Å². The van der Waals surface area contributed by atoms with Crippen molar-refractivity contribution in [3.8, 4) is 6.07 Å². The van der Waals surface area contributed by atoms with Gasteiger partial charge in [-0.15, -0.1) is 11.3 Å². The molecule has 5 nitrogen and oxygen atoms in total. The number of nitro groups is 1. The van der Waals surface area contributed by atoms with E-state index in [-0.39, 0.29) is 10.7 Å². The van der Waals surface area contributed by atoms with Crippen LogP contribution in [0.25, 0.3) is 0 Å². The summed E-state index contributed by atoms with van der Waals surface area (Å²) in [6, 6.07) is 6.77. The van der Waals surface area contributed by atoms with E-state index in [1.807, 2.05) is 0 Å². The Balaban J connectivity index is 1.95. The van der Waals surface area contributed by atoms with Crippen molar-refractivity contribution in [3.63, 3.8) is 0 Å². The average Bonchev–Trinajstić information content (AvgIpc) is 2.91. The molecule has 0 aliphatic heterocycles. The molecule has 1 aromatic carbocycles. The molecular weight excluding hydrogens is 334 g/mol. The van der Waals surface area contributed by atoms with Gasteiger partial charge in [-0.2, -0.15) is 5.26 Å². The molecule has 0 fully saturated rings. The van der Waals surface area contributed by atoms with Gasteiger partial charge in [0.2, 0.25) is 0 Å². The van der Waals surface area contributed by atoms with Crippen molar-refractivity contribution in [2.45, 2.75) is 25.7 Å². The van der Waals surface area contributed by atoms with Gasteiger partial charge in [-0.3, -0.25) is 10.1 Å². The number of nitriles is 1. The highest BCUT2D eigenvalue weighted by Crippen LogP contribution is 2.39. The van der Waals surface area contributed by atoms with Gasteiger partial charge in [0.25, 0.3) is 5.69 Å². The second-order valence-corrected chi connectivity index (χ2v) is 6.72. The fraction of sp³-hybridized carbons (Fsp3) is 0.250. The quantitative estimate of drug-likeness (QED) is 0.454. The van der Waals surface area contributed by atoms with Gasteiger partial charge < -0.3 is 0 Å². The van der Waals surface area contributed by atoms with Crippen LogP contribution in [0, 0.1) is 21.4 Å². The smallest absolute Gasteiger partial charge is 0.258 e. The molecule has 0 unspecified atom stereocenters. The van der Waals surface area contributed by atoms with Crippen molar-refractivity contribution >= 4 is 39.8 Å². The molecular formula is C16H12ClN3O2S. The SMILES string of the molecule is N#Cc1c(N=Cc2ccc(Cl)c([N+](=O)[O-])c2)sc2c1CCCC2. The predicted octanol–water partition coefficient (Wildman–Crippen LogP) is 4.81. The van der Waals surface area contributed by atoms with Gasteiger partial charge in [0.15, 0.2) is 0 Å². The van der Waals surface area contributed by atoms with E-state index in [4.69, 9.17) is 11.6 Å². The first-order chi connectivity index (χ1) is 11.1. The zero-order valence-electron chi connectivity index (χ0n) is 12.1. The minimum atomic E-state index is -0.524. The molecule has 23 heavy (non-hydrogen) atoms. The molecule has 0 saturated heterocycles. The highest BCUT2D eigenvalue weighted by molar-refractivity contribution is 7.16. The Morgan fingerprint density at radius 3 is 2.91 bits per heavy atom. The topological polar surface area (TPSA) is 79.3 Å². The summed E-state index contributed by atoms with van der Waals surface area (Å²) in [6.45, 7) is 0. The number of hydrogen-bond donors (Lipinski definition) is 0. The molecule has 0 N–H and O–H groups in total. The van der Waals surface area contributed by atoms with Crippen molar-refractivity contribution in [1.82, 2.24) is 0 Å². The minimum Gasteiger partial charge on any atom is -0.258 e. The van der Waals surface area contributed by atoms with Crippen molar-refractivity contribution in [1.29, 1.82) is 5.26 Å². The normalized spacial score (nSPS) is 13.7. The van der Waals surface area contributed by atoms with Crippen LogP contribution in [0.4, 0.5) is 10.7 Å². The summed E-state index contributed by atoms with van der Waals surface area (Å²) >= 11 is 7.34. The van der Waals surface area contributed by atoms with Crippen molar-refractivity contribution in [2.24, 2.45) is 4.99 Å². The maximum Gasteiger partial charge on any atom is 0.288 e. The van der Waals surface area contributed by atoms with E-state index in [2.05, 4.69) is 11.1 Å². The van der Waals surface area contributed by atoms with E-state index in [1.165, 1.54) is 28.3 Å². The molecule has 1 heterocycles. The first kappa shape index (κ1) is 15.7. The monoisotopic (exact) mass is 345 g/mol. The number of thiophene rings is 1. The lowest BCUT2D eigenvalue weighted by molar-refractivity contribution is -0.384. The van der Waals surface area contributed by atoms with Crippen molar-refractivity contribution in [3.05, 3.63) is 54.9 Å². The average molecular weight is 346 g/mol. The molecule has 3 rings (SSSR count). The number of rotatable bonds is 3. The van der Waals surface area contributed by atoms with Gasteiger partial charge >= 0.3 is 0 Å². The molecule has 2 aromatic rings. The summed E-state index contributed by atoms with van der Waals surface area (Å²) in [5, 5.41) is 21.1. The number of nitrogens with zero attached hydrogens (tertiary/aromatic N) is 3.